The molecule has 1 aliphatic rings. The zero-order chi connectivity index (χ0) is 28.6. The molecule has 210 valence electrons. The topological polar surface area (TPSA) is 138 Å². The van der Waals surface area contributed by atoms with E-state index in [1.807, 2.05) is 0 Å². The minimum atomic E-state index is -5.08. The lowest BCUT2D eigenvalue weighted by Gasteiger charge is -2.17. The number of rotatable bonds is 9. The first kappa shape index (κ1) is 30.2. The Kier molecular flexibility index (Phi) is 10.5. The minimum absolute atomic E-state index is 0.320. The van der Waals surface area contributed by atoms with Crippen LogP contribution in [0, 0.1) is 0 Å². The standard InChI is InChI=1S/C23H24Cl2N4O3.C2HF3O2/c24-18-10-7-15(13-19(18)25)17(23(30)31)9-11-21-28-20(29-32-21)5-1-4-16-8-6-14-3-2-12-26-22(14)27-16;3-2(4,5)1(6)7/h6-8,10,13,17H,1-5,9,11-12H2,(H,26,27)(H,30,31);(H,6,7). The summed E-state index contributed by atoms with van der Waals surface area (Å²) >= 11 is 12.0. The van der Waals surface area contributed by atoms with Crippen molar-refractivity contribution in [3.8, 4) is 0 Å². The highest BCUT2D eigenvalue weighted by Crippen LogP contribution is 2.29. The second kappa shape index (κ2) is 13.6. The summed E-state index contributed by atoms with van der Waals surface area (Å²) in [6.07, 6.45) is 0.182. The number of carbonyl (C=O) groups is 2. The number of fused-ring (bicyclic) bond motifs is 1. The summed E-state index contributed by atoms with van der Waals surface area (Å²) < 4.78 is 37.1. The molecule has 0 fully saturated rings. The smallest absolute Gasteiger partial charge is 0.481 e. The fraction of sp³-hybridized carbons (Fsp3) is 0.400. The summed E-state index contributed by atoms with van der Waals surface area (Å²) in [6, 6.07) is 9.11. The molecule has 3 N–H and O–H groups in total. The molecule has 0 bridgehead atoms. The quantitative estimate of drug-likeness (QED) is 0.285. The number of nitrogens with one attached hydrogen (secondary N) is 1. The summed E-state index contributed by atoms with van der Waals surface area (Å²) in [7, 11) is 0. The van der Waals surface area contributed by atoms with Gasteiger partial charge < -0.3 is 20.1 Å². The maximum atomic E-state index is 11.7. The van der Waals surface area contributed by atoms with Gasteiger partial charge in [0.15, 0.2) is 5.82 Å². The van der Waals surface area contributed by atoms with Crippen molar-refractivity contribution in [2.45, 2.75) is 57.0 Å². The largest absolute Gasteiger partial charge is 0.490 e. The highest BCUT2D eigenvalue weighted by atomic mass is 35.5. The SMILES string of the molecule is O=C(O)C(CCc1nc(CCCc2ccc3c(n2)NCCC3)no1)c1ccc(Cl)c(Cl)c1.O=C(O)C(F)(F)F. The van der Waals surface area contributed by atoms with Gasteiger partial charge in [-0.2, -0.15) is 18.2 Å². The molecule has 0 saturated carbocycles. The van der Waals surface area contributed by atoms with Crippen LogP contribution in [0.2, 0.25) is 10.0 Å². The minimum Gasteiger partial charge on any atom is -0.481 e. The van der Waals surface area contributed by atoms with Gasteiger partial charge in [-0.3, -0.25) is 4.79 Å². The molecule has 14 heteroatoms. The number of hydrogen-bond acceptors (Lipinski definition) is 7. The van der Waals surface area contributed by atoms with E-state index in [4.69, 9.17) is 42.6 Å². The van der Waals surface area contributed by atoms with Crippen molar-refractivity contribution in [2.75, 3.05) is 11.9 Å². The Balaban J connectivity index is 0.000000532. The Bertz CT molecular complexity index is 1300. The van der Waals surface area contributed by atoms with Crippen LogP contribution in [0.5, 0.6) is 0 Å². The van der Waals surface area contributed by atoms with Crippen molar-refractivity contribution in [2.24, 2.45) is 0 Å². The van der Waals surface area contributed by atoms with E-state index in [2.05, 4.69) is 27.6 Å². The lowest BCUT2D eigenvalue weighted by atomic mass is 9.94. The highest BCUT2D eigenvalue weighted by Gasteiger charge is 2.38. The van der Waals surface area contributed by atoms with Crippen LogP contribution < -0.4 is 5.32 Å². The van der Waals surface area contributed by atoms with Crippen LogP contribution >= 0.6 is 23.2 Å². The molecule has 3 aromatic rings. The molecule has 39 heavy (non-hydrogen) atoms. The van der Waals surface area contributed by atoms with Gasteiger partial charge in [-0.1, -0.05) is 40.5 Å². The molecule has 2 aromatic heterocycles. The highest BCUT2D eigenvalue weighted by molar-refractivity contribution is 6.42. The predicted molar refractivity (Wildman–Crippen MR) is 136 cm³/mol. The van der Waals surface area contributed by atoms with Gasteiger partial charge in [0, 0.05) is 25.1 Å². The molecule has 1 unspecified atom stereocenters. The summed E-state index contributed by atoms with van der Waals surface area (Å²) in [5.74, 6) is -2.36. The van der Waals surface area contributed by atoms with Gasteiger partial charge >= 0.3 is 18.1 Å². The van der Waals surface area contributed by atoms with Crippen LogP contribution in [-0.4, -0.2) is 50.0 Å². The normalized spacial score (nSPS) is 13.5. The van der Waals surface area contributed by atoms with Crippen LogP contribution in [0.15, 0.2) is 34.9 Å². The van der Waals surface area contributed by atoms with Gasteiger partial charge in [0.1, 0.15) is 5.82 Å². The molecule has 0 spiro atoms. The number of carboxylic acid groups (broad SMARTS) is 2. The molecule has 1 aromatic carbocycles. The van der Waals surface area contributed by atoms with Crippen molar-refractivity contribution in [3.63, 3.8) is 0 Å². The maximum Gasteiger partial charge on any atom is 0.490 e. The number of anilines is 1. The number of pyridine rings is 1. The Morgan fingerprint density at radius 3 is 2.46 bits per heavy atom. The molecule has 4 rings (SSSR count). The molecule has 3 heterocycles. The maximum absolute atomic E-state index is 11.7. The summed E-state index contributed by atoms with van der Waals surface area (Å²) in [5, 5.41) is 24.9. The number of halogens is 5. The molecule has 0 saturated heterocycles. The van der Waals surface area contributed by atoms with Gasteiger partial charge in [0.05, 0.1) is 16.0 Å². The van der Waals surface area contributed by atoms with Crippen molar-refractivity contribution >= 4 is 41.0 Å². The lowest BCUT2D eigenvalue weighted by molar-refractivity contribution is -0.192. The van der Waals surface area contributed by atoms with Gasteiger partial charge in [0.25, 0.3) is 0 Å². The summed E-state index contributed by atoms with van der Waals surface area (Å²) in [4.78, 5) is 29.8. The van der Waals surface area contributed by atoms with E-state index in [0.717, 1.165) is 43.7 Å². The Morgan fingerprint density at radius 2 is 1.79 bits per heavy atom. The van der Waals surface area contributed by atoms with Crippen LogP contribution in [0.25, 0.3) is 0 Å². The first-order valence-electron chi connectivity index (χ1n) is 12.0. The van der Waals surface area contributed by atoms with E-state index in [1.165, 1.54) is 5.56 Å². The van der Waals surface area contributed by atoms with Gasteiger partial charge in [-0.25, -0.2) is 9.78 Å². The van der Waals surface area contributed by atoms with Gasteiger partial charge in [0.2, 0.25) is 5.89 Å². The first-order chi connectivity index (χ1) is 18.4. The third kappa shape index (κ3) is 9.10. The summed E-state index contributed by atoms with van der Waals surface area (Å²) in [6.45, 7) is 0.975. The number of hydrogen-bond donors (Lipinski definition) is 3. The van der Waals surface area contributed by atoms with E-state index in [-0.39, 0.29) is 0 Å². The number of nitrogens with zero attached hydrogens (tertiary/aromatic N) is 3. The third-order valence-electron chi connectivity index (χ3n) is 5.83. The van der Waals surface area contributed by atoms with Crippen LogP contribution in [0.1, 0.15) is 53.7 Å². The van der Waals surface area contributed by atoms with Crippen molar-refractivity contribution < 1.29 is 37.5 Å². The molecule has 9 nitrogen and oxygen atoms in total. The fourth-order valence-corrected chi connectivity index (χ4v) is 4.17. The molecule has 0 aliphatic carbocycles. The molecular formula is C25H25Cl2F3N4O5. The second-order valence-corrected chi connectivity index (χ2v) is 9.52. The number of alkyl halides is 3. The number of aromatic nitrogens is 3. The van der Waals surface area contributed by atoms with Crippen LogP contribution in [0.4, 0.5) is 19.0 Å². The molecule has 0 radical (unpaired) electrons. The average Bonchev–Trinajstić information content (AvgIpc) is 3.33. The van der Waals surface area contributed by atoms with E-state index in [1.54, 1.807) is 18.2 Å². The Labute approximate surface area is 231 Å². The van der Waals surface area contributed by atoms with E-state index < -0.39 is 24.0 Å². The monoisotopic (exact) mass is 588 g/mol. The zero-order valence-corrected chi connectivity index (χ0v) is 22.0. The molecule has 1 aliphatic heterocycles. The number of carboxylic acids is 2. The Morgan fingerprint density at radius 1 is 1.05 bits per heavy atom. The first-order valence-corrected chi connectivity index (χ1v) is 12.7. The van der Waals surface area contributed by atoms with E-state index in [0.29, 0.717) is 46.6 Å². The fourth-order valence-electron chi connectivity index (χ4n) is 3.86. The lowest BCUT2D eigenvalue weighted by Crippen LogP contribution is -2.21. The molecule has 0 amide bonds. The van der Waals surface area contributed by atoms with E-state index >= 15 is 0 Å². The number of benzene rings is 1. The number of aryl methyl sites for hydroxylation is 4. The van der Waals surface area contributed by atoms with Gasteiger partial charge in [-0.05, 0) is 61.4 Å². The molecular weight excluding hydrogens is 564 g/mol. The summed E-state index contributed by atoms with van der Waals surface area (Å²) in [5.41, 5.74) is 2.93. The van der Waals surface area contributed by atoms with Crippen molar-refractivity contribution in [1.29, 1.82) is 0 Å². The number of aliphatic carboxylic acids is 2. The zero-order valence-electron chi connectivity index (χ0n) is 20.5. The second-order valence-electron chi connectivity index (χ2n) is 8.70. The predicted octanol–water partition coefficient (Wildman–Crippen LogP) is 5.74. The Hall–Kier alpha value is -3.38. The van der Waals surface area contributed by atoms with Crippen LogP contribution in [0.3, 0.4) is 0 Å². The van der Waals surface area contributed by atoms with Crippen molar-refractivity contribution in [1.82, 2.24) is 15.1 Å². The third-order valence-corrected chi connectivity index (χ3v) is 6.57. The van der Waals surface area contributed by atoms with Gasteiger partial charge in [-0.15, -0.1) is 0 Å². The van der Waals surface area contributed by atoms with E-state index in [9.17, 15) is 23.1 Å². The van der Waals surface area contributed by atoms with Crippen molar-refractivity contribution in [3.05, 3.63) is 68.9 Å². The average molecular weight is 589 g/mol. The van der Waals surface area contributed by atoms with Crippen LogP contribution in [-0.2, 0) is 35.3 Å². The molecule has 1 atom stereocenters.